The van der Waals surface area contributed by atoms with E-state index in [1.807, 2.05) is 32.0 Å². The Balaban J connectivity index is 2.14. The third-order valence-electron chi connectivity index (χ3n) is 2.76. The van der Waals surface area contributed by atoms with Gasteiger partial charge in [-0.2, -0.15) is 4.98 Å². The Labute approximate surface area is 112 Å². The van der Waals surface area contributed by atoms with Gasteiger partial charge < -0.3 is 10.2 Å². The van der Waals surface area contributed by atoms with Gasteiger partial charge in [0, 0.05) is 20.3 Å². The van der Waals surface area contributed by atoms with Crippen LogP contribution >= 0.6 is 0 Å². The molecule has 2 rings (SSSR count). The molecule has 1 atom stereocenters. The molecule has 1 heterocycles. The quantitative estimate of drug-likeness (QED) is 0.917. The summed E-state index contributed by atoms with van der Waals surface area (Å²) in [6.07, 6.45) is 1.70. The summed E-state index contributed by atoms with van der Waals surface area (Å²) in [5.74, 6) is 1.12. The van der Waals surface area contributed by atoms with Crippen molar-refractivity contribution in [3.05, 3.63) is 47.9 Å². The Morgan fingerprint density at radius 1 is 1.26 bits per heavy atom. The SMILES string of the molecule is CC(Nc1ccnc(N(C)C)n1)c1cccc(F)c1. The van der Waals surface area contributed by atoms with E-state index in [9.17, 15) is 4.39 Å². The van der Waals surface area contributed by atoms with Gasteiger partial charge in [-0.25, -0.2) is 9.37 Å². The molecule has 0 radical (unpaired) electrons. The molecule has 5 heteroatoms. The predicted molar refractivity (Wildman–Crippen MR) is 74.8 cm³/mol. The summed E-state index contributed by atoms with van der Waals surface area (Å²) in [4.78, 5) is 10.3. The lowest BCUT2D eigenvalue weighted by atomic mass is 10.1. The van der Waals surface area contributed by atoms with E-state index >= 15 is 0 Å². The highest BCUT2D eigenvalue weighted by molar-refractivity contribution is 5.42. The third kappa shape index (κ3) is 3.40. The third-order valence-corrected chi connectivity index (χ3v) is 2.76. The van der Waals surface area contributed by atoms with Crippen LogP contribution in [0.5, 0.6) is 0 Å². The molecule has 0 saturated carbocycles. The zero-order chi connectivity index (χ0) is 13.8. The highest BCUT2D eigenvalue weighted by Crippen LogP contribution is 2.19. The monoisotopic (exact) mass is 260 g/mol. The second kappa shape index (κ2) is 5.65. The van der Waals surface area contributed by atoms with Crippen molar-refractivity contribution >= 4 is 11.8 Å². The molecular formula is C14H17FN4. The maximum Gasteiger partial charge on any atom is 0.226 e. The van der Waals surface area contributed by atoms with Gasteiger partial charge in [0.25, 0.3) is 0 Å². The van der Waals surface area contributed by atoms with Crippen LogP contribution in [-0.2, 0) is 0 Å². The van der Waals surface area contributed by atoms with Crippen LogP contribution in [0.4, 0.5) is 16.2 Å². The molecule has 0 spiro atoms. The van der Waals surface area contributed by atoms with Gasteiger partial charge in [0.1, 0.15) is 11.6 Å². The topological polar surface area (TPSA) is 41.1 Å². The molecule has 1 aromatic heterocycles. The van der Waals surface area contributed by atoms with E-state index in [1.165, 1.54) is 12.1 Å². The van der Waals surface area contributed by atoms with Gasteiger partial charge in [0.15, 0.2) is 0 Å². The highest BCUT2D eigenvalue weighted by atomic mass is 19.1. The summed E-state index contributed by atoms with van der Waals surface area (Å²) in [6.45, 7) is 1.96. The zero-order valence-electron chi connectivity index (χ0n) is 11.3. The molecular weight excluding hydrogens is 243 g/mol. The summed E-state index contributed by atoms with van der Waals surface area (Å²) >= 11 is 0. The van der Waals surface area contributed by atoms with Crippen molar-refractivity contribution < 1.29 is 4.39 Å². The first-order valence-corrected chi connectivity index (χ1v) is 6.08. The maximum atomic E-state index is 13.2. The van der Waals surface area contributed by atoms with Crippen molar-refractivity contribution in [2.45, 2.75) is 13.0 Å². The number of anilines is 2. The van der Waals surface area contributed by atoms with E-state index in [0.29, 0.717) is 5.95 Å². The molecule has 1 aromatic carbocycles. The average molecular weight is 260 g/mol. The van der Waals surface area contributed by atoms with E-state index in [1.54, 1.807) is 18.3 Å². The minimum atomic E-state index is -0.234. The lowest BCUT2D eigenvalue weighted by Gasteiger charge is -2.16. The van der Waals surface area contributed by atoms with Crippen molar-refractivity contribution in [3.63, 3.8) is 0 Å². The number of hydrogen-bond acceptors (Lipinski definition) is 4. The van der Waals surface area contributed by atoms with Crippen LogP contribution in [0.15, 0.2) is 36.5 Å². The molecule has 0 aliphatic rings. The Morgan fingerprint density at radius 3 is 2.74 bits per heavy atom. The Hall–Kier alpha value is -2.17. The summed E-state index contributed by atoms with van der Waals surface area (Å²) < 4.78 is 13.2. The van der Waals surface area contributed by atoms with Crippen molar-refractivity contribution in [1.29, 1.82) is 0 Å². The molecule has 4 nitrogen and oxygen atoms in total. The Kier molecular flexibility index (Phi) is 3.94. The second-order valence-electron chi connectivity index (χ2n) is 4.56. The molecule has 0 saturated heterocycles. The summed E-state index contributed by atoms with van der Waals surface area (Å²) in [5, 5.41) is 3.24. The Bertz CT molecular complexity index is 557. The highest BCUT2D eigenvalue weighted by Gasteiger charge is 2.08. The number of benzene rings is 1. The fourth-order valence-corrected chi connectivity index (χ4v) is 1.73. The van der Waals surface area contributed by atoms with E-state index in [2.05, 4.69) is 15.3 Å². The summed E-state index contributed by atoms with van der Waals surface area (Å²) in [6, 6.07) is 8.31. The molecule has 0 bridgehead atoms. The van der Waals surface area contributed by atoms with Gasteiger partial charge in [-0.15, -0.1) is 0 Å². The van der Waals surface area contributed by atoms with Gasteiger partial charge in [0.05, 0.1) is 6.04 Å². The van der Waals surface area contributed by atoms with Crippen LogP contribution in [0.1, 0.15) is 18.5 Å². The first kappa shape index (κ1) is 13.3. The smallest absolute Gasteiger partial charge is 0.226 e. The fraction of sp³-hybridized carbons (Fsp3) is 0.286. The van der Waals surface area contributed by atoms with Crippen LogP contribution in [0.2, 0.25) is 0 Å². The van der Waals surface area contributed by atoms with Crippen molar-refractivity contribution in [2.75, 3.05) is 24.3 Å². The molecule has 1 N–H and O–H groups in total. The average Bonchev–Trinajstić information content (AvgIpc) is 2.39. The number of rotatable bonds is 4. The first-order chi connectivity index (χ1) is 9.06. The van der Waals surface area contributed by atoms with Crippen LogP contribution in [0.3, 0.4) is 0 Å². The largest absolute Gasteiger partial charge is 0.363 e. The van der Waals surface area contributed by atoms with Crippen molar-refractivity contribution in [3.8, 4) is 0 Å². The van der Waals surface area contributed by atoms with Gasteiger partial charge >= 0.3 is 0 Å². The standard InChI is InChI=1S/C14H17FN4/c1-10(11-5-4-6-12(15)9-11)17-13-7-8-16-14(18-13)19(2)3/h4-10H,1-3H3,(H,16,17,18). The zero-order valence-corrected chi connectivity index (χ0v) is 11.3. The van der Waals surface area contributed by atoms with Gasteiger partial charge in [-0.05, 0) is 30.7 Å². The maximum absolute atomic E-state index is 13.2. The van der Waals surface area contributed by atoms with E-state index in [4.69, 9.17) is 0 Å². The molecule has 0 fully saturated rings. The van der Waals surface area contributed by atoms with Gasteiger partial charge in [-0.3, -0.25) is 0 Å². The number of nitrogens with one attached hydrogen (secondary N) is 1. The number of aromatic nitrogens is 2. The van der Waals surface area contributed by atoms with E-state index in [0.717, 1.165) is 11.4 Å². The minimum Gasteiger partial charge on any atom is -0.363 e. The lowest BCUT2D eigenvalue weighted by molar-refractivity contribution is 0.623. The number of hydrogen-bond donors (Lipinski definition) is 1. The molecule has 0 aliphatic heterocycles. The lowest BCUT2D eigenvalue weighted by Crippen LogP contribution is -2.14. The fourth-order valence-electron chi connectivity index (χ4n) is 1.73. The number of halogens is 1. The molecule has 0 amide bonds. The Morgan fingerprint density at radius 2 is 2.05 bits per heavy atom. The van der Waals surface area contributed by atoms with Crippen molar-refractivity contribution in [2.24, 2.45) is 0 Å². The molecule has 0 aliphatic carbocycles. The van der Waals surface area contributed by atoms with Crippen LogP contribution in [-0.4, -0.2) is 24.1 Å². The van der Waals surface area contributed by atoms with Gasteiger partial charge in [-0.1, -0.05) is 12.1 Å². The van der Waals surface area contributed by atoms with Gasteiger partial charge in [0.2, 0.25) is 5.95 Å². The second-order valence-corrected chi connectivity index (χ2v) is 4.56. The van der Waals surface area contributed by atoms with Crippen LogP contribution in [0, 0.1) is 5.82 Å². The number of nitrogens with zero attached hydrogens (tertiary/aromatic N) is 3. The van der Waals surface area contributed by atoms with Crippen molar-refractivity contribution in [1.82, 2.24) is 9.97 Å². The predicted octanol–water partition coefficient (Wildman–Crippen LogP) is 2.85. The molecule has 100 valence electrons. The first-order valence-electron chi connectivity index (χ1n) is 6.08. The minimum absolute atomic E-state index is 0.0272. The molecule has 1 unspecified atom stereocenters. The molecule has 2 aromatic rings. The normalized spacial score (nSPS) is 12.0. The summed E-state index contributed by atoms with van der Waals surface area (Å²) in [5.41, 5.74) is 0.880. The van der Waals surface area contributed by atoms with Crippen LogP contribution < -0.4 is 10.2 Å². The summed E-state index contributed by atoms with van der Waals surface area (Å²) in [7, 11) is 3.77. The molecule has 19 heavy (non-hydrogen) atoms. The van der Waals surface area contributed by atoms with Crippen LogP contribution in [0.25, 0.3) is 0 Å². The van der Waals surface area contributed by atoms with E-state index < -0.39 is 0 Å². The van der Waals surface area contributed by atoms with E-state index in [-0.39, 0.29) is 11.9 Å².